The molecule has 0 unspecified atom stereocenters. The van der Waals surface area contributed by atoms with Crippen LogP contribution in [0.1, 0.15) is 25.0 Å². The van der Waals surface area contributed by atoms with E-state index in [2.05, 4.69) is 42.0 Å². The number of carbonyl (C=O) groups is 1. The van der Waals surface area contributed by atoms with Crippen molar-refractivity contribution >= 4 is 22.8 Å². The lowest BCUT2D eigenvalue weighted by Crippen LogP contribution is -2.38. The summed E-state index contributed by atoms with van der Waals surface area (Å²) in [5, 5.41) is 2.40. The number of nitrogens with one attached hydrogen (secondary N) is 2. The number of fused-ring (bicyclic) bond motifs is 1. The monoisotopic (exact) mass is 266 g/mol. The van der Waals surface area contributed by atoms with Gasteiger partial charge in [0, 0.05) is 5.57 Å². The number of hydrogen-bond donors (Lipinski definition) is 2. The van der Waals surface area contributed by atoms with Gasteiger partial charge in [0.05, 0.1) is 5.54 Å². The molecular formula is C17H18N2O. The fourth-order valence-electron chi connectivity index (χ4n) is 2.63. The molecule has 1 aliphatic rings. The Morgan fingerprint density at radius 1 is 1.05 bits per heavy atom. The van der Waals surface area contributed by atoms with Crippen LogP contribution in [-0.2, 0) is 4.79 Å². The zero-order chi connectivity index (χ0) is 14.3. The predicted octanol–water partition coefficient (Wildman–Crippen LogP) is 2.94. The van der Waals surface area contributed by atoms with Crippen LogP contribution in [0.5, 0.6) is 0 Å². The first-order valence-corrected chi connectivity index (χ1v) is 6.77. The molecule has 1 amide bonds. The lowest BCUT2D eigenvalue weighted by atomic mass is 9.92. The van der Waals surface area contributed by atoms with Crippen LogP contribution >= 0.6 is 0 Å². The Balaban J connectivity index is 2.21. The average Bonchev–Trinajstić information content (AvgIpc) is 2.69. The number of aryl methyl sites for hydroxylation is 1. The molecular weight excluding hydrogens is 248 g/mol. The summed E-state index contributed by atoms with van der Waals surface area (Å²) >= 11 is 0. The van der Waals surface area contributed by atoms with E-state index in [4.69, 9.17) is 0 Å². The third-order valence-electron chi connectivity index (χ3n) is 3.88. The molecule has 2 aromatic carbocycles. The summed E-state index contributed by atoms with van der Waals surface area (Å²) in [4.78, 5) is 12.0. The number of hydrazine groups is 1. The van der Waals surface area contributed by atoms with Crippen LogP contribution < -0.4 is 10.9 Å². The Kier molecular flexibility index (Phi) is 2.87. The van der Waals surface area contributed by atoms with Crippen molar-refractivity contribution in [2.24, 2.45) is 0 Å². The van der Waals surface area contributed by atoms with Crippen molar-refractivity contribution in [3.63, 3.8) is 0 Å². The minimum Gasteiger partial charge on any atom is -0.287 e. The van der Waals surface area contributed by atoms with Gasteiger partial charge in [0.25, 0.3) is 5.91 Å². The molecule has 1 saturated heterocycles. The van der Waals surface area contributed by atoms with E-state index >= 15 is 0 Å². The Labute approximate surface area is 118 Å². The molecule has 0 bridgehead atoms. The molecule has 2 N–H and O–H groups in total. The first kappa shape index (κ1) is 12.9. The van der Waals surface area contributed by atoms with Crippen molar-refractivity contribution in [2.75, 3.05) is 0 Å². The summed E-state index contributed by atoms with van der Waals surface area (Å²) in [7, 11) is 0. The highest BCUT2D eigenvalue weighted by atomic mass is 16.2. The van der Waals surface area contributed by atoms with E-state index in [1.807, 2.05) is 32.1 Å². The van der Waals surface area contributed by atoms with Gasteiger partial charge in [0.1, 0.15) is 0 Å². The van der Waals surface area contributed by atoms with E-state index in [0.29, 0.717) is 0 Å². The van der Waals surface area contributed by atoms with Crippen molar-refractivity contribution < 1.29 is 4.79 Å². The van der Waals surface area contributed by atoms with Crippen LogP contribution in [0.2, 0.25) is 0 Å². The standard InChI is InChI=1S/C17H18N2O/c1-11-8-9-12(14-7-5-4-6-13(11)14)10-15-16(20)18-19-17(15,2)3/h4-10,19H,1-3H3,(H,18,20)/b15-10+. The molecule has 0 atom stereocenters. The van der Waals surface area contributed by atoms with Gasteiger partial charge in [-0.05, 0) is 48.7 Å². The molecule has 3 rings (SSSR count). The fraction of sp³-hybridized carbons (Fsp3) is 0.235. The van der Waals surface area contributed by atoms with E-state index in [9.17, 15) is 4.79 Å². The van der Waals surface area contributed by atoms with Crippen LogP contribution in [0.25, 0.3) is 16.8 Å². The third kappa shape index (κ3) is 2.00. The van der Waals surface area contributed by atoms with Gasteiger partial charge in [0.2, 0.25) is 0 Å². The number of rotatable bonds is 1. The second kappa shape index (κ2) is 4.46. The Morgan fingerprint density at radius 2 is 1.75 bits per heavy atom. The topological polar surface area (TPSA) is 41.1 Å². The van der Waals surface area contributed by atoms with Crippen molar-refractivity contribution in [1.82, 2.24) is 10.9 Å². The maximum atomic E-state index is 12.0. The van der Waals surface area contributed by atoms with Crippen LogP contribution in [0.4, 0.5) is 0 Å². The molecule has 3 nitrogen and oxygen atoms in total. The number of benzene rings is 2. The summed E-state index contributed by atoms with van der Waals surface area (Å²) < 4.78 is 0. The van der Waals surface area contributed by atoms with Gasteiger partial charge >= 0.3 is 0 Å². The van der Waals surface area contributed by atoms with E-state index < -0.39 is 0 Å². The van der Waals surface area contributed by atoms with E-state index in [-0.39, 0.29) is 11.4 Å². The van der Waals surface area contributed by atoms with Gasteiger partial charge in [0.15, 0.2) is 0 Å². The highest BCUT2D eigenvalue weighted by molar-refractivity contribution is 6.04. The molecule has 1 aliphatic heterocycles. The van der Waals surface area contributed by atoms with Gasteiger partial charge in [-0.25, -0.2) is 5.43 Å². The first-order valence-electron chi connectivity index (χ1n) is 6.77. The molecule has 0 spiro atoms. The van der Waals surface area contributed by atoms with E-state index in [0.717, 1.165) is 11.1 Å². The molecule has 20 heavy (non-hydrogen) atoms. The zero-order valence-electron chi connectivity index (χ0n) is 11.9. The first-order chi connectivity index (χ1) is 9.49. The number of hydrogen-bond acceptors (Lipinski definition) is 2. The second-order valence-corrected chi connectivity index (χ2v) is 5.78. The number of amides is 1. The normalized spacial score (nSPS) is 19.6. The Hall–Kier alpha value is -2.13. The summed E-state index contributed by atoms with van der Waals surface area (Å²) in [6.07, 6.45) is 1.98. The Bertz CT molecular complexity index is 729. The molecule has 1 fully saturated rings. The quantitative estimate of drug-likeness (QED) is 0.779. The van der Waals surface area contributed by atoms with Crippen LogP contribution in [0, 0.1) is 6.92 Å². The van der Waals surface area contributed by atoms with Gasteiger partial charge in [-0.15, -0.1) is 0 Å². The van der Waals surface area contributed by atoms with Crippen molar-refractivity contribution in [3.05, 3.63) is 53.1 Å². The van der Waals surface area contributed by atoms with Crippen molar-refractivity contribution in [3.8, 4) is 0 Å². The summed E-state index contributed by atoms with van der Waals surface area (Å²) in [6.45, 7) is 6.09. The molecule has 3 heteroatoms. The minimum absolute atomic E-state index is 0.0559. The van der Waals surface area contributed by atoms with Gasteiger partial charge in [-0.2, -0.15) is 0 Å². The molecule has 2 aromatic rings. The van der Waals surface area contributed by atoms with Crippen LogP contribution in [0.15, 0.2) is 42.0 Å². The lowest BCUT2D eigenvalue weighted by molar-refractivity contribution is -0.116. The van der Waals surface area contributed by atoms with Gasteiger partial charge < -0.3 is 0 Å². The van der Waals surface area contributed by atoms with Crippen LogP contribution in [-0.4, -0.2) is 11.4 Å². The highest BCUT2D eigenvalue weighted by Gasteiger charge is 2.34. The van der Waals surface area contributed by atoms with Crippen molar-refractivity contribution in [1.29, 1.82) is 0 Å². The number of carbonyl (C=O) groups excluding carboxylic acids is 1. The summed E-state index contributed by atoms with van der Waals surface area (Å²) in [5.41, 5.74) is 8.41. The predicted molar refractivity (Wildman–Crippen MR) is 82.0 cm³/mol. The SMILES string of the molecule is Cc1ccc(/C=C2\C(=O)NNC2(C)C)c2ccccc12. The smallest absolute Gasteiger partial charge is 0.263 e. The van der Waals surface area contributed by atoms with Crippen molar-refractivity contribution in [2.45, 2.75) is 26.3 Å². The summed E-state index contributed by atoms with van der Waals surface area (Å²) in [6, 6.07) is 12.5. The Morgan fingerprint density at radius 3 is 2.40 bits per heavy atom. The van der Waals surface area contributed by atoms with Gasteiger partial charge in [-0.1, -0.05) is 36.4 Å². The molecule has 102 valence electrons. The van der Waals surface area contributed by atoms with Crippen LogP contribution in [0.3, 0.4) is 0 Å². The molecule has 0 saturated carbocycles. The average molecular weight is 266 g/mol. The van der Waals surface area contributed by atoms with E-state index in [1.54, 1.807) is 0 Å². The molecule has 0 aromatic heterocycles. The fourth-order valence-corrected chi connectivity index (χ4v) is 2.63. The third-order valence-corrected chi connectivity index (χ3v) is 3.88. The molecule has 0 radical (unpaired) electrons. The maximum absolute atomic E-state index is 12.0. The van der Waals surface area contributed by atoms with E-state index in [1.165, 1.54) is 16.3 Å². The molecule has 1 heterocycles. The lowest BCUT2D eigenvalue weighted by Gasteiger charge is -2.17. The largest absolute Gasteiger partial charge is 0.287 e. The second-order valence-electron chi connectivity index (χ2n) is 5.78. The van der Waals surface area contributed by atoms with Gasteiger partial charge in [-0.3, -0.25) is 10.2 Å². The highest BCUT2D eigenvalue weighted by Crippen LogP contribution is 2.28. The summed E-state index contributed by atoms with van der Waals surface area (Å²) in [5.74, 6) is -0.0559. The molecule has 0 aliphatic carbocycles. The minimum atomic E-state index is -0.358. The maximum Gasteiger partial charge on any atom is 0.263 e. The zero-order valence-corrected chi connectivity index (χ0v) is 11.9.